The van der Waals surface area contributed by atoms with Gasteiger partial charge in [-0.2, -0.15) is 0 Å². The smallest absolute Gasteiger partial charge is 0.115 e. The van der Waals surface area contributed by atoms with E-state index in [1.54, 1.807) is 18.3 Å². The molecule has 100 valence electrons. The van der Waals surface area contributed by atoms with Crippen LogP contribution in [0.3, 0.4) is 0 Å². The molecule has 0 saturated carbocycles. The molecule has 0 aliphatic carbocycles. The van der Waals surface area contributed by atoms with Crippen LogP contribution in [0.15, 0.2) is 60.8 Å². The van der Waals surface area contributed by atoms with Crippen molar-refractivity contribution in [1.29, 1.82) is 0 Å². The monoisotopic (exact) mass is 265 g/mol. The van der Waals surface area contributed by atoms with Gasteiger partial charge in [0.2, 0.25) is 0 Å². The van der Waals surface area contributed by atoms with E-state index in [0.717, 1.165) is 22.0 Å². The molecule has 0 radical (unpaired) electrons. The van der Waals surface area contributed by atoms with Gasteiger partial charge in [0.25, 0.3) is 0 Å². The number of phenolic OH excluding ortho intramolecular Hbond substituents is 1. The van der Waals surface area contributed by atoms with E-state index < -0.39 is 6.10 Å². The quantitative estimate of drug-likeness (QED) is 0.764. The van der Waals surface area contributed by atoms with E-state index in [2.05, 4.69) is 4.98 Å². The fourth-order valence-electron chi connectivity index (χ4n) is 2.36. The Morgan fingerprint density at radius 2 is 1.70 bits per heavy atom. The summed E-state index contributed by atoms with van der Waals surface area (Å²) >= 11 is 0. The number of pyridine rings is 1. The topological polar surface area (TPSA) is 53.4 Å². The number of benzene rings is 2. The molecule has 0 fully saturated rings. The zero-order valence-corrected chi connectivity index (χ0v) is 10.9. The third-order valence-electron chi connectivity index (χ3n) is 3.39. The molecule has 0 aliphatic rings. The molecule has 1 heterocycles. The van der Waals surface area contributed by atoms with Crippen molar-refractivity contribution in [3.05, 3.63) is 71.9 Å². The molecule has 20 heavy (non-hydrogen) atoms. The van der Waals surface area contributed by atoms with Crippen molar-refractivity contribution >= 4 is 10.9 Å². The van der Waals surface area contributed by atoms with Crippen molar-refractivity contribution in [3.63, 3.8) is 0 Å². The Hall–Kier alpha value is -2.39. The predicted octanol–water partition coefficient (Wildman–Crippen LogP) is 3.22. The SMILES string of the molecule is Oc1ccc(CC(O)c2cccc3cccnc23)cc1. The molecule has 3 rings (SSSR count). The highest BCUT2D eigenvalue weighted by Crippen LogP contribution is 2.25. The third kappa shape index (κ3) is 2.49. The number of para-hydroxylation sites is 1. The van der Waals surface area contributed by atoms with Gasteiger partial charge < -0.3 is 10.2 Å². The van der Waals surface area contributed by atoms with Gasteiger partial charge >= 0.3 is 0 Å². The van der Waals surface area contributed by atoms with Gasteiger partial charge in [-0.15, -0.1) is 0 Å². The molecule has 2 N–H and O–H groups in total. The van der Waals surface area contributed by atoms with E-state index in [-0.39, 0.29) is 5.75 Å². The van der Waals surface area contributed by atoms with Gasteiger partial charge in [-0.05, 0) is 23.8 Å². The lowest BCUT2D eigenvalue weighted by molar-refractivity contribution is 0.180. The van der Waals surface area contributed by atoms with Crippen molar-refractivity contribution in [1.82, 2.24) is 4.98 Å². The van der Waals surface area contributed by atoms with Crippen molar-refractivity contribution in [2.75, 3.05) is 0 Å². The summed E-state index contributed by atoms with van der Waals surface area (Å²) in [7, 11) is 0. The lowest BCUT2D eigenvalue weighted by Gasteiger charge is -2.13. The number of nitrogens with zero attached hydrogens (tertiary/aromatic N) is 1. The summed E-state index contributed by atoms with van der Waals surface area (Å²) in [6, 6.07) is 16.6. The molecule has 1 aromatic heterocycles. The summed E-state index contributed by atoms with van der Waals surface area (Å²) < 4.78 is 0. The summed E-state index contributed by atoms with van der Waals surface area (Å²) in [4.78, 5) is 4.36. The first-order valence-electron chi connectivity index (χ1n) is 6.53. The van der Waals surface area contributed by atoms with Gasteiger partial charge in [0, 0.05) is 23.6 Å². The number of hydrogen-bond acceptors (Lipinski definition) is 3. The van der Waals surface area contributed by atoms with E-state index >= 15 is 0 Å². The molecule has 0 saturated heterocycles. The van der Waals surface area contributed by atoms with Gasteiger partial charge in [-0.1, -0.05) is 36.4 Å². The molecular formula is C17H15NO2. The van der Waals surface area contributed by atoms with Crippen LogP contribution in [0.1, 0.15) is 17.2 Å². The summed E-state index contributed by atoms with van der Waals surface area (Å²) in [5.41, 5.74) is 2.64. The van der Waals surface area contributed by atoms with Crippen LogP contribution in [0.2, 0.25) is 0 Å². The Morgan fingerprint density at radius 1 is 0.950 bits per heavy atom. The molecule has 3 aromatic rings. The number of hydrogen-bond donors (Lipinski definition) is 2. The average molecular weight is 265 g/mol. The van der Waals surface area contributed by atoms with Crippen LogP contribution in [-0.4, -0.2) is 15.2 Å². The van der Waals surface area contributed by atoms with Crippen molar-refractivity contribution < 1.29 is 10.2 Å². The molecule has 1 unspecified atom stereocenters. The predicted molar refractivity (Wildman–Crippen MR) is 78.5 cm³/mol. The maximum Gasteiger partial charge on any atom is 0.115 e. The first kappa shape index (κ1) is 12.6. The molecule has 3 nitrogen and oxygen atoms in total. The van der Waals surface area contributed by atoms with Crippen molar-refractivity contribution in [2.45, 2.75) is 12.5 Å². The molecule has 2 aromatic carbocycles. The number of rotatable bonds is 3. The minimum absolute atomic E-state index is 0.232. The zero-order chi connectivity index (χ0) is 13.9. The Morgan fingerprint density at radius 3 is 2.50 bits per heavy atom. The van der Waals surface area contributed by atoms with E-state index in [0.29, 0.717) is 6.42 Å². The minimum atomic E-state index is -0.613. The lowest BCUT2D eigenvalue weighted by Crippen LogP contribution is -2.03. The second-order valence-corrected chi connectivity index (χ2v) is 4.81. The molecule has 0 bridgehead atoms. The molecule has 3 heteroatoms. The molecule has 0 amide bonds. The van der Waals surface area contributed by atoms with Crippen LogP contribution in [0.4, 0.5) is 0 Å². The maximum absolute atomic E-state index is 10.4. The minimum Gasteiger partial charge on any atom is -0.508 e. The Balaban J connectivity index is 1.92. The Labute approximate surface area is 117 Å². The second-order valence-electron chi connectivity index (χ2n) is 4.81. The summed E-state index contributed by atoms with van der Waals surface area (Å²) in [5.74, 6) is 0.232. The van der Waals surface area contributed by atoms with E-state index in [1.807, 2.05) is 42.5 Å². The van der Waals surface area contributed by atoms with E-state index in [9.17, 15) is 10.2 Å². The highest BCUT2D eigenvalue weighted by atomic mass is 16.3. The van der Waals surface area contributed by atoms with Crippen molar-refractivity contribution in [3.8, 4) is 5.75 Å². The third-order valence-corrected chi connectivity index (χ3v) is 3.39. The van der Waals surface area contributed by atoms with Gasteiger partial charge in [0.15, 0.2) is 0 Å². The van der Waals surface area contributed by atoms with Gasteiger partial charge in [0.1, 0.15) is 5.75 Å². The van der Waals surface area contributed by atoms with E-state index in [1.165, 1.54) is 0 Å². The van der Waals surface area contributed by atoms with Crippen LogP contribution >= 0.6 is 0 Å². The number of aromatic hydroxyl groups is 1. The molecule has 0 aliphatic heterocycles. The van der Waals surface area contributed by atoms with Crippen LogP contribution in [0.25, 0.3) is 10.9 Å². The first-order chi connectivity index (χ1) is 9.74. The fraction of sp³-hybridized carbons (Fsp3) is 0.118. The van der Waals surface area contributed by atoms with Gasteiger partial charge in [-0.3, -0.25) is 4.98 Å². The fourth-order valence-corrected chi connectivity index (χ4v) is 2.36. The first-order valence-corrected chi connectivity index (χ1v) is 6.53. The molecular weight excluding hydrogens is 250 g/mol. The van der Waals surface area contributed by atoms with Crippen LogP contribution in [-0.2, 0) is 6.42 Å². The maximum atomic E-state index is 10.4. The van der Waals surface area contributed by atoms with Gasteiger partial charge in [0.05, 0.1) is 11.6 Å². The summed E-state index contributed by atoms with van der Waals surface area (Å²) in [6.07, 6.45) is 1.62. The van der Waals surface area contributed by atoms with Crippen LogP contribution < -0.4 is 0 Å². The highest BCUT2D eigenvalue weighted by molar-refractivity contribution is 5.81. The molecule has 0 spiro atoms. The van der Waals surface area contributed by atoms with E-state index in [4.69, 9.17) is 0 Å². The largest absolute Gasteiger partial charge is 0.508 e. The van der Waals surface area contributed by atoms with Crippen molar-refractivity contribution in [2.24, 2.45) is 0 Å². The zero-order valence-electron chi connectivity index (χ0n) is 10.9. The number of aliphatic hydroxyl groups excluding tert-OH is 1. The summed E-state index contributed by atoms with van der Waals surface area (Å²) in [5, 5.41) is 20.7. The second kappa shape index (κ2) is 5.31. The van der Waals surface area contributed by atoms with Crippen LogP contribution in [0, 0.1) is 0 Å². The van der Waals surface area contributed by atoms with Crippen LogP contribution in [0.5, 0.6) is 5.75 Å². The number of fused-ring (bicyclic) bond motifs is 1. The highest BCUT2D eigenvalue weighted by Gasteiger charge is 2.12. The average Bonchev–Trinajstić information content (AvgIpc) is 2.49. The number of phenols is 1. The number of aromatic nitrogens is 1. The normalized spacial score (nSPS) is 12.4. The Bertz CT molecular complexity index is 717. The summed E-state index contributed by atoms with van der Waals surface area (Å²) in [6.45, 7) is 0. The number of aliphatic hydroxyl groups is 1. The lowest BCUT2D eigenvalue weighted by atomic mass is 9.99. The Kier molecular flexibility index (Phi) is 3.35. The van der Waals surface area contributed by atoms with Gasteiger partial charge in [-0.25, -0.2) is 0 Å². The molecule has 1 atom stereocenters. The standard InChI is InChI=1S/C17H15NO2/c19-14-8-6-12(7-9-14)11-16(20)15-5-1-3-13-4-2-10-18-17(13)15/h1-10,16,19-20H,11H2.